The number of benzene rings is 1. The number of ether oxygens (including phenoxy) is 2. The van der Waals surface area contributed by atoms with Crippen LogP contribution in [0.2, 0.25) is 0 Å². The van der Waals surface area contributed by atoms with Crippen LogP contribution >= 0.6 is 11.8 Å². The molecule has 1 aromatic rings. The summed E-state index contributed by atoms with van der Waals surface area (Å²) in [7, 11) is 9.91. The fourth-order valence-electron chi connectivity index (χ4n) is 13.2. The lowest BCUT2D eigenvalue weighted by molar-refractivity contribution is -0.157. The average molecular weight is 1560 g/mol. The van der Waals surface area contributed by atoms with Crippen LogP contribution in [0.25, 0.3) is 0 Å². The van der Waals surface area contributed by atoms with Gasteiger partial charge in [0, 0.05) is 55.9 Å². The summed E-state index contributed by atoms with van der Waals surface area (Å²) in [5.74, 6) is -10.9. The molecule has 13 atom stereocenters. The van der Waals surface area contributed by atoms with Crippen molar-refractivity contribution in [1.29, 1.82) is 0 Å². The van der Waals surface area contributed by atoms with Crippen molar-refractivity contribution in [1.82, 2.24) is 60.9 Å². The van der Waals surface area contributed by atoms with Crippen LogP contribution in [0, 0.1) is 41.4 Å². The second kappa shape index (κ2) is 46.3. The SMILES string of the molecule is CC[C@@H]1NC(=O)[C@H]([C@H](O)[C@H](C)CCCCCCNC(=O)OC(C)(C)C)N(C)C(=O)[C@H](C(C)C)N(C)C(=O)[C@H](CC(C)C)N(C)C(=O)[C@H](CC(C)C)N(C)C(=O)[C@H](C)NC(=O)[C@@H](C)NC(=O)[C@@H](CC(C)C)N(C)C(=O)[C@@H](C(C)C)NC(=O)[C@H](CC(C)C)N(C)C(=O)[C@@H](SCCCCOC(=O)c2ccccc2)N(C)C1=O. The smallest absolute Gasteiger partial charge is 0.407 e. The van der Waals surface area contributed by atoms with E-state index in [9.17, 15) is 33.9 Å². The molecule has 0 aromatic heterocycles. The zero-order valence-corrected chi connectivity index (χ0v) is 71.4. The van der Waals surface area contributed by atoms with Crippen LogP contribution in [0.15, 0.2) is 30.3 Å². The Bertz CT molecular complexity index is 3150. The third-order valence-corrected chi connectivity index (χ3v) is 21.1. The highest BCUT2D eigenvalue weighted by atomic mass is 32.2. The van der Waals surface area contributed by atoms with Crippen molar-refractivity contribution < 1.29 is 76.9 Å². The first kappa shape index (κ1) is 97.5. The lowest BCUT2D eigenvalue weighted by Gasteiger charge is -2.41. The molecular weight excluding hydrogens is 1420 g/mol. The molecule has 0 radical (unpaired) electrons. The van der Waals surface area contributed by atoms with Crippen molar-refractivity contribution in [3.63, 3.8) is 0 Å². The summed E-state index contributed by atoms with van der Waals surface area (Å²) in [5, 5.41) is 25.2. The number of hydrogen-bond acceptors (Lipinski definition) is 17. The van der Waals surface area contributed by atoms with E-state index in [1.165, 1.54) is 92.6 Å². The first-order valence-corrected chi connectivity index (χ1v) is 40.3. The van der Waals surface area contributed by atoms with Crippen molar-refractivity contribution in [3.8, 4) is 0 Å². The van der Waals surface area contributed by atoms with E-state index in [4.69, 9.17) is 9.47 Å². The molecule has 109 heavy (non-hydrogen) atoms. The molecule has 2 rings (SSSR count). The Kier molecular flexibility index (Phi) is 41.4. The van der Waals surface area contributed by atoms with E-state index in [2.05, 4.69) is 26.6 Å². The van der Waals surface area contributed by atoms with Crippen molar-refractivity contribution in [2.24, 2.45) is 41.4 Å². The Morgan fingerprint density at radius 2 is 0.963 bits per heavy atom. The third kappa shape index (κ3) is 30.6. The van der Waals surface area contributed by atoms with Gasteiger partial charge in [-0.15, -0.1) is 11.8 Å². The average Bonchev–Trinajstić information content (AvgIpc) is 0.815. The van der Waals surface area contributed by atoms with Gasteiger partial charge in [0.1, 0.15) is 66.0 Å². The van der Waals surface area contributed by atoms with Gasteiger partial charge in [-0.05, 0) is 152 Å². The molecule has 0 bridgehead atoms. The van der Waals surface area contributed by atoms with Gasteiger partial charge < -0.3 is 75.5 Å². The Labute approximate surface area is 655 Å². The molecule has 28 nitrogen and oxygen atoms in total. The number of hydrogen-bond donors (Lipinski definition) is 6. The Morgan fingerprint density at radius 1 is 0.495 bits per heavy atom. The highest BCUT2D eigenvalue weighted by molar-refractivity contribution is 8.00. The van der Waals surface area contributed by atoms with E-state index < -0.39 is 172 Å². The normalized spacial score (nSPS) is 24.2. The number of carbonyl (C=O) groups is 13. The first-order chi connectivity index (χ1) is 50.6. The van der Waals surface area contributed by atoms with E-state index in [-0.39, 0.29) is 68.1 Å². The molecule has 6 N–H and O–H groups in total. The third-order valence-electron chi connectivity index (χ3n) is 19.8. The molecule has 1 heterocycles. The largest absolute Gasteiger partial charge is 0.462 e. The Morgan fingerprint density at radius 3 is 1.47 bits per heavy atom. The van der Waals surface area contributed by atoms with Crippen LogP contribution in [0.5, 0.6) is 0 Å². The number of unbranched alkanes of at least 4 members (excludes halogenated alkanes) is 4. The predicted octanol–water partition coefficient (Wildman–Crippen LogP) is 7.47. The summed E-state index contributed by atoms with van der Waals surface area (Å²) in [4.78, 5) is 200. The van der Waals surface area contributed by atoms with E-state index in [0.717, 1.165) is 16.7 Å². The molecular formula is C80H138N12O16S. The van der Waals surface area contributed by atoms with Gasteiger partial charge in [0.25, 0.3) is 5.91 Å². The summed E-state index contributed by atoms with van der Waals surface area (Å²) in [6, 6.07) is -4.62. The Hall–Kier alpha value is -7.56. The van der Waals surface area contributed by atoms with Gasteiger partial charge >= 0.3 is 12.1 Å². The number of aliphatic hydroxyl groups is 1. The van der Waals surface area contributed by atoms with Crippen molar-refractivity contribution in [2.45, 2.75) is 286 Å². The number of nitrogens with zero attached hydrogens (tertiary/aromatic N) is 7. The molecule has 0 saturated carbocycles. The maximum Gasteiger partial charge on any atom is 0.407 e. The quantitative estimate of drug-likeness (QED) is 0.0367. The number of esters is 1. The summed E-state index contributed by atoms with van der Waals surface area (Å²) in [6.07, 6.45) is 1.89. The molecule has 0 aliphatic carbocycles. The lowest BCUT2D eigenvalue weighted by atomic mass is 9.90. The van der Waals surface area contributed by atoms with Gasteiger partial charge in [-0.2, -0.15) is 0 Å². The van der Waals surface area contributed by atoms with Crippen LogP contribution in [0.4, 0.5) is 4.79 Å². The minimum atomic E-state index is -1.71. The highest BCUT2D eigenvalue weighted by Crippen LogP contribution is 2.29. The second-order valence-corrected chi connectivity index (χ2v) is 34.2. The fourth-order valence-corrected chi connectivity index (χ4v) is 14.5. The molecule has 1 aromatic carbocycles. The van der Waals surface area contributed by atoms with E-state index in [0.29, 0.717) is 57.1 Å². The van der Waals surface area contributed by atoms with Crippen molar-refractivity contribution in [2.75, 3.05) is 68.2 Å². The molecule has 1 aliphatic rings. The number of amides is 12. The zero-order valence-electron chi connectivity index (χ0n) is 70.6. The molecule has 1 fully saturated rings. The predicted molar refractivity (Wildman–Crippen MR) is 424 cm³/mol. The van der Waals surface area contributed by atoms with Crippen LogP contribution in [0.3, 0.4) is 0 Å². The number of alkyl carbamates (subject to hydrolysis) is 1. The van der Waals surface area contributed by atoms with Crippen LogP contribution in [0.1, 0.15) is 219 Å². The lowest BCUT2D eigenvalue weighted by Crippen LogP contribution is -2.64. The summed E-state index contributed by atoms with van der Waals surface area (Å²) in [5.41, 5.74) is -0.304. The van der Waals surface area contributed by atoms with Gasteiger partial charge in [-0.1, -0.05) is 134 Å². The van der Waals surface area contributed by atoms with Gasteiger partial charge in [-0.25, -0.2) is 9.59 Å². The number of aliphatic hydroxyl groups excluding tert-OH is 1. The topological polar surface area (TPSA) is 343 Å². The second-order valence-electron chi connectivity index (χ2n) is 33.1. The molecule has 1 aliphatic heterocycles. The first-order valence-electron chi connectivity index (χ1n) is 39.2. The van der Waals surface area contributed by atoms with Crippen molar-refractivity contribution in [3.05, 3.63) is 35.9 Å². The molecule has 620 valence electrons. The maximum absolute atomic E-state index is 15.7. The molecule has 1 saturated heterocycles. The molecule has 12 amide bonds. The van der Waals surface area contributed by atoms with Gasteiger partial charge in [0.15, 0.2) is 5.37 Å². The maximum atomic E-state index is 15.7. The van der Waals surface area contributed by atoms with Gasteiger partial charge in [0.05, 0.1) is 18.3 Å². The van der Waals surface area contributed by atoms with Gasteiger partial charge in [-0.3, -0.25) is 52.7 Å². The standard InChI is InChI=1S/C80H138N12O16S/c1-27-57-71(99)92(26)77(109-42-36-35-41-107-78(105)56-38-32-30-33-39-56)76(104)87(21)59(44-48(4)5)68(96)85-62(51(10)11)74(102)86(20)58(43-47(2)3)67(95)82-54(15)66(94)83-55(16)70(98)88(22)60(45-49(6)7)72(100)89(23)61(46-50(8)9)73(101)90(24)63(52(12)13)75(103)91(25)64(69(97)84-57)65(93)53(14)37-31-28-29-34-40-81-79(106)108-80(17,18)19/h30,32-33,38-39,47-55,57-65,77,93H,27-29,31,34-37,40-46H2,1-26H3,(H,81,106)(H,82,95)(H,83,94)(H,84,97)(H,85,96)/t53-,54-,55+,57+,58-,59+,60+,61+,62-,63+,64+,65-,77-/m1/s1. The Balaban J connectivity index is 3.08. The molecule has 0 spiro atoms. The molecule has 0 unspecified atom stereocenters. The van der Waals surface area contributed by atoms with E-state index >= 15 is 33.6 Å². The fraction of sp³-hybridized carbons (Fsp3) is 0.762. The monoisotopic (exact) mass is 1560 g/mol. The van der Waals surface area contributed by atoms with Crippen LogP contribution in [-0.2, 0) is 62.2 Å². The van der Waals surface area contributed by atoms with Gasteiger partial charge in [0.2, 0.25) is 59.1 Å². The van der Waals surface area contributed by atoms with Crippen LogP contribution < -0.4 is 26.6 Å². The summed E-state index contributed by atoms with van der Waals surface area (Å²) < 4.78 is 10.9. The highest BCUT2D eigenvalue weighted by Gasteiger charge is 2.47. The number of nitrogens with one attached hydrogen (secondary N) is 5. The summed E-state index contributed by atoms with van der Waals surface area (Å²) >= 11 is 1.07. The van der Waals surface area contributed by atoms with Crippen molar-refractivity contribution >= 4 is 88.8 Å². The number of likely N-dealkylation sites (N-methyl/N-ethyl adjacent to an activating group) is 7. The number of thioether (sulfide) groups is 1. The number of carbonyl (C=O) groups excluding carboxylic acids is 13. The molecule has 29 heteroatoms. The minimum absolute atomic E-state index is 0.0326. The zero-order chi connectivity index (χ0) is 83.4. The number of rotatable bonds is 27. The van der Waals surface area contributed by atoms with Crippen LogP contribution in [-0.4, -0.2) is 262 Å². The van der Waals surface area contributed by atoms with E-state index in [1.54, 1.807) is 92.6 Å². The summed E-state index contributed by atoms with van der Waals surface area (Å²) in [6.45, 7) is 33.7. The van der Waals surface area contributed by atoms with E-state index in [1.807, 2.05) is 55.4 Å². The minimum Gasteiger partial charge on any atom is -0.462 e.